The van der Waals surface area contributed by atoms with Gasteiger partial charge >= 0.3 is 5.97 Å². The lowest BCUT2D eigenvalue weighted by atomic mass is 10.4. The topological polar surface area (TPSA) is 46.5 Å². The van der Waals surface area contributed by atoms with Crippen LogP contribution < -0.4 is 0 Å². The Morgan fingerprint density at radius 3 is 1.90 bits per heavy atom. The summed E-state index contributed by atoms with van der Waals surface area (Å²) < 4.78 is 4.91. The van der Waals surface area contributed by atoms with Gasteiger partial charge in [-0.1, -0.05) is 0 Å². The molecule has 0 heterocycles. The Labute approximate surface area is 66.8 Å². The molecule has 1 atom stereocenters. The molecule has 0 aromatic rings. The van der Waals surface area contributed by atoms with E-state index in [1.54, 1.807) is 13.8 Å². The standard InChI is InChI=1S/C6H12O3.ClH/c1-4(2)9-5(3)6(7)8;/h4-5H,1-3H3,(H,7,8);1H. The zero-order valence-corrected chi connectivity index (χ0v) is 7.14. The second-order valence-corrected chi connectivity index (χ2v) is 2.17. The summed E-state index contributed by atoms with van der Waals surface area (Å²) in [6.07, 6.45) is -0.707. The minimum atomic E-state index is -0.913. The third-order valence-corrected chi connectivity index (χ3v) is 0.824. The van der Waals surface area contributed by atoms with Crippen LogP contribution in [-0.4, -0.2) is 23.3 Å². The summed E-state index contributed by atoms with van der Waals surface area (Å²) in [4.78, 5) is 10.1. The zero-order chi connectivity index (χ0) is 7.44. The van der Waals surface area contributed by atoms with Gasteiger partial charge in [-0.25, -0.2) is 4.79 Å². The number of halogens is 1. The fourth-order valence-electron chi connectivity index (χ4n) is 0.466. The van der Waals surface area contributed by atoms with Gasteiger partial charge in [0, 0.05) is 0 Å². The van der Waals surface area contributed by atoms with E-state index in [0.717, 1.165) is 0 Å². The third kappa shape index (κ3) is 5.85. The molecule has 3 nitrogen and oxygen atoms in total. The maximum atomic E-state index is 10.1. The minimum Gasteiger partial charge on any atom is -0.479 e. The molecule has 0 aliphatic rings. The van der Waals surface area contributed by atoms with Crippen LogP contribution in [0.15, 0.2) is 0 Å². The highest BCUT2D eigenvalue weighted by Crippen LogP contribution is 1.95. The molecule has 0 aliphatic heterocycles. The van der Waals surface area contributed by atoms with Crippen molar-refractivity contribution in [2.24, 2.45) is 0 Å². The highest BCUT2D eigenvalue weighted by atomic mass is 35.5. The van der Waals surface area contributed by atoms with Gasteiger partial charge in [-0.2, -0.15) is 0 Å². The lowest BCUT2D eigenvalue weighted by Crippen LogP contribution is -2.23. The summed E-state index contributed by atoms with van der Waals surface area (Å²) in [6.45, 7) is 5.13. The van der Waals surface area contributed by atoms with E-state index in [2.05, 4.69) is 0 Å². The van der Waals surface area contributed by atoms with Crippen LogP contribution in [0.25, 0.3) is 0 Å². The van der Waals surface area contributed by atoms with Gasteiger partial charge in [0.1, 0.15) is 0 Å². The first-order valence-corrected chi connectivity index (χ1v) is 2.92. The van der Waals surface area contributed by atoms with Gasteiger partial charge < -0.3 is 9.84 Å². The molecule has 0 aliphatic carbocycles. The van der Waals surface area contributed by atoms with Gasteiger partial charge in [-0.15, -0.1) is 12.4 Å². The Hall–Kier alpha value is -0.280. The quantitative estimate of drug-likeness (QED) is 0.691. The maximum Gasteiger partial charge on any atom is 0.332 e. The van der Waals surface area contributed by atoms with E-state index in [1.807, 2.05) is 0 Å². The molecular formula is C6H13ClO3. The molecule has 1 N–H and O–H groups in total. The van der Waals surface area contributed by atoms with Crippen LogP contribution in [0.3, 0.4) is 0 Å². The van der Waals surface area contributed by atoms with Crippen LogP contribution in [0, 0.1) is 0 Å². The summed E-state index contributed by atoms with van der Waals surface area (Å²) in [5.74, 6) is -0.913. The van der Waals surface area contributed by atoms with Crippen molar-refractivity contribution in [2.75, 3.05) is 0 Å². The molecule has 0 saturated heterocycles. The van der Waals surface area contributed by atoms with Gasteiger partial charge in [0.15, 0.2) is 6.10 Å². The number of carboxylic acid groups (broad SMARTS) is 1. The molecule has 0 saturated carbocycles. The van der Waals surface area contributed by atoms with E-state index < -0.39 is 12.1 Å². The van der Waals surface area contributed by atoms with Crippen molar-refractivity contribution in [1.82, 2.24) is 0 Å². The van der Waals surface area contributed by atoms with Crippen molar-refractivity contribution in [2.45, 2.75) is 33.0 Å². The van der Waals surface area contributed by atoms with Gasteiger partial charge in [-0.05, 0) is 20.8 Å². The monoisotopic (exact) mass is 168 g/mol. The van der Waals surface area contributed by atoms with Crippen molar-refractivity contribution >= 4 is 18.4 Å². The molecule has 10 heavy (non-hydrogen) atoms. The maximum absolute atomic E-state index is 10.1. The van der Waals surface area contributed by atoms with Crippen LogP contribution >= 0.6 is 12.4 Å². The number of carbonyl (C=O) groups is 1. The van der Waals surface area contributed by atoms with Gasteiger partial charge in [0.25, 0.3) is 0 Å². The summed E-state index contributed by atoms with van der Waals surface area (Å²) in [6, 6.07) is 0. The molecule has 1 unspecified atom stereocenters. The Kier molecular flexibility index (Phi) is 6.82. The fraction of sp³-hybridized carbons (Fsp3) is 0.833. The lowest BCUT2D eigenvalue weighted by molar-refractivity contribution is -0.151. The Balaban J connectivity index is 0. The first kappa shape index (κ1) is 12.4. The molecule has 0 aromatic heterocycles. The molecule has 0 bridgehead atoms. The van der Waals surface area contributed by atoms with Crippen LogP contribution in [0.5, 0.6) is 0 Å². The molecule has 0 radical (unpaired) electrons. The Morgan fingerprint density at radius 1 is 1.40 bits per heavy atom. The number of carboxylic acids is 1. The average molecular weight is 169 g/mol. The second kappa shape index (κ2) is 5.50. The molecule has 4 heteroatoms. The van der Waals surface area contributed by atoms with Crippen molar-refractivity contribution in [1.29, 1.82) is 0 Å². The summed E-state index contributed by atoms with van der Waals surface area (Å²) >= 11 is 0. The van der Waals surface area contributed by atoms with E-state index in [4.69, 9.17) is 9.84 Å². The highest BCUT2D eigenvalue weighted by molar-refractivity contribution is 5.85. The SMILES string of the molecule is CC(C)OC(C)C(=O)O.Cl. The van der Waals surface area contributed by atoms with E-state index in [1.165, 1.54) is 6.92 Å². The first-order valence-electron chi connectivity index (χ1n) is 2.92. The Bertz CT molecular complexity index is 103. The van der Waals surface area contributed by atoms with Gasteiger partial charge in [0.05, 0.1) is 6.10 Å². The highest BCUT2D eigenvalue weighted by Gasteiger charge is 2.11. The van der Waals surface area contributed by atoms with E-state index in [9.17, 15) is 4.79 Å². The second-order valence-electron chi connectivity index (χ2n) is 2.17. The minimum absolute atomic E-state index is 0. The normalized spacial score (nSPS) is 12.4. The molecule has 0 fully saturated rings. The van der Waals surface area contributed by atoms with Gasteiger partial charge in [-0.3, -0.25) is 0 Å². The third-order valence-electron chi connectivity index (χ3n) is 0.824. The predicted octanol–water partition coefficient (Wildman–Crippen LogP) is 1.31. The molecule has 0 aromatic carbocycles. The first-order chi connectivity index (χ1) is 4.04. The molecule has 0 amide bonds. The predicted molar refractivity (Wildman–Crippen MR) is 40.6 cm³/mol. The summed E-state index contributed by atoms with van der Waals surface area (Å²) in [5, 5.41) is 8.31. The lowest BCUT2D eigenvalue weighted by Gasteiger charge is -2.10. The number of ether oxygens (including phenoxy) is 1. The molecule has 0 rings (SSSR count). The molecule has 0 spiro atoms. The van der Waals surface area contributed by atoms with Crippen molar-refractivity contribution < 1.29 is 14.6 Å². The summed E-state index contributed by atoms with van der Waals surface area (Å²) in [7, 11) is 0. The average Bonchev–Trinajstić information content (AvgIpc) is 1.63. The largest absolute Gasteiger partial charge is 0.479 e. The van der Waals surface area contributed by atoms with Crippen molar-refractivity contribution in [3.8, 4) is 0 Å². The van der Waals surface area contributed by atoms with Crippen LogP contribution in [0.1, 0.15) is 20.8 Å². The fourth-order valence-corrected chi connectivity index (χ4v) is 0.466. The van der Waals surface area contributed by atoms with E-state index in [-0.39, 0.29) is 18.5 Å². The van der Waals surface area contributed by atoms with E-state index >= 15 is 0 Å². The van der Waals surface area contributed by atoms with Crippen molar-refractivity contribution in [3.63, 3.8) is 0 Å². The Morgan fingerprint density at radius 2 is 1.80 bits per heavy atom. The van der Waals surface area contributed by atoms with E-state index in [0.29, 0.717) is 0 Å². The molecule has 62 valence electrons. The van der Waals surface area contributed by atoms with Crippen LogP contribution in [-0.2, 0) is 9.53 Å². The van der Waals surface area contributed by atoms with Crippen LogP contribution in [0.4, 0.5) is 0 Å². The van der Waals surface area contributed by atoms with Gasteiger partial charge in [0.2, 0.25) is 0 Å². The van der Waals surface area contributed by atoms with Crippen molar-refractivity contribution in [3.05, 3.63) is 0 Å². The molecular weight excluding hydrogens is 156 g/mol. The summed E-state index contributed by atoms with van der Waals surface area (Å²) in [5.41, 5.74) is 0. The number of hydrogen-bond donors (Lipinski definition) is 1. The zero-order valence-electron chi connectivity index (χ0n) is 6.33. The number of hydrogen-bond acceptors (Lipinski definition) is 2. The van der Waals surface area contributed by atoms with Crippen LogP contribution in [0.2, 0.25) is 0 Å². The smallest absolute Gasteiger partial charge is 0.332 e. The number of aliphatic carboxylic acids is 1. The number of rotatable bonds is 3.